The molecule has 0 bridgehead atoms. The summed E-state index contributed by atoms with van der Waals surface area (Å²) in [5.74, 6) is 1.74. The van der Waals surface area contributed by atoms with Gasteiger partial charge in [-0.2, -0.15) is 0 Å². The highest BCUT2D eigenvalue weighted by molar-refractivity contribution is 5.39. The number of nitrogens with zero attached hydrogens (tertiary/aromatic N) is 2. The maximum absolute atomic E-state index is 5.89. The summed E-state index contributed by atoms with van der Waals surface area (Å²) in [5, 5.41) is 0. The standard InChI is InChI=1S/C18H30N2O2/c1-3-15-21-17-8-4-5-9-18(17)22-16-7-6-10-20-13-11-19(2)12-14-20/h4-5,8-9H,3,6-7,10-16H2,1-2H3. The summed E-state index contributed by atoms with van der Waals surface area (Å²) in [7, 11) is 2.20. The van der Waals surface area contributed by atoms with Gasteiger partial charge in [0.25, 0.3) is 0 Å². The number of unbranched alkanes of at least 4 members (excludes halogenated alkanes) is 1. The van der Waals surface area contributed by atoms with Gasteiger partial charge >= 0.3 is 0 Å². The largest absolute Gasteiger partial charge is 0.490 e. The third kappa shape index (κ3) is 5.85. The zero-order valence-electron chi connectivity index (χ0n) is 14.1. The van der Waals surface area contributed by atoms with E-state index in [1.54, 1.807) is 0 Å². The molecule has 0 radical (unpaired) electrons. The molecular formula is C18H30N2O2. The van der Waals surface area contributed by atoms with Gasteiger partial charge < -0.3 is 19.3 Å². The monoisotopic (exact) mass is 306 g/mol. The highest BCUT2D eigenvalue weighted by atomic mass is 16.5. The highest BCUT2D eigenvalue weighted by Crippen LogP contribution is 2.26. The second-order valence-corrected chi connectivity index (χ2v) is 6.00. The van der Waals surface area contributed by atoms with E-state index in [0.717, 1.165) is 37.6 Å². The summed E-state index contributed by atoms with van der Waals surface area (Å²) < 4.78 is 11.6. The maximum atomic E-state index is 5.89. The van der Waals surface area contributed by atoms with Gasteiger partial charge in [-0.25, -0.2) is 0 Å². The zero-order chi connectivity index (χ0) is 15.6. The van der Waals surface area contributed by atoms with E-state index in [-0.39, 0.29) is 0 Å². The molecule has 0 amide bonds. The number of likely N-dealkylation sites (N-methyl/N-ethyl adjacent to an activating group) is 1. The number of para-hydroxylation sites is 2. The SMILES string of the molecule is CCCOc1ccccc1OCCCCN1CCN(C)CC1. The van der Waals surface area contributed by atoms with Crippen molar-refractivity contribution in [3.63, 3.8) is 0 Å². The van der Waals surface area contributed by atoms with E-state index in [0.29, 0.717) is 0 Å². The summed E-state index contributed by atoms with van der Waals surface area (Å²) in [6, 6.07) is 7.96. The number of ether oxygens (including phenoxy) is 2. The topological polar surface area (TPSA) is 24.9 Å². The average molecular weight is 306 g/mol. The summed E-state index contributed by atoms with van der Waals surface area (Å²) in [6.07, 6.45) is 3.30. The molecule has 1 saturated heterocycles. The molecule has 0 aromatic heterocycles. The van der Waals surface area contributed by atoms with E-state index in [2.05, 4.69) is 23.8 Å². The third-order valence-electron chi connectivity index (χ3n) is 4.03. The van der Waals surface area contributed by atoms with Crippen molar-refractivity contribution in [2.24, 2.45) is 0 Å². The number of hydrogen-bond acceptors (Lipinski definition) is 4. The predicted octanol–water partition coefficient (Wildman–Crippen LogP) is 2.88. The van der Waals surface area contributed by atoms with Crippen LogP contribution in [0, 0.1) is 0 Å². The molecule has 1 heterocycles. The van der Waals surface area contributed by atoms with E-state index in [9.17, 15) is 0 Å². The van der Waals surface area contributed by atoms with E-state index < -0.39 is 0 Å². The van der Waals surface area contributed by atoms with Crippen molar-refractivity contribution < 1.29 is 9.47 Å². The van der Waals surface area contributed by atoms with Crippen LogP contribution in [0.5, 0.6) is 11.5 Å². The summed E-state index contributed by atoms with van der Waals surface area (Å²) >= 11 is 0. The van der Waals surface area contributed by atoms with Crippen molar-refractivity contribution in [3.8, 4) is 11.5 Å². The normalized spacial score (nSPS) is 16.6. The fourth-order valence-electron chi connectivity index (χ4n) is 2.59. The van der Waals surface area contributed by atoms with Gasteiger partial charge in [0.15, 0.2) is 11.5 Å². The van der Waals surface area contributed by atoms with Crippen LogP contribution >= 0.6 is 0 Å². The molecule has 0 spiro atoms. The molecule has 0 aliphatic carbocycles. The highest BCUT2D eigenvalue weighted by Gasteiger charge is 2.12. The van der Waals surface area contributed by atoms with Crippen molar-refractivity contribution in [2.45, 2.75) is 26.2 Å². The van der Waals surface area contributed by atoms with E-state index in [1.807, 2.05) is 24.3 Å². The van der Waals surface area contributed by atoms with Crippen LogP contribution < -0.4 is 9.47 Å². The van der Waals surface area contributed by atoms with Crippen molar-refractivity contribution in [3.05, 3.63) is 24.3 Å². The molecule has 4 heteroatoms. The smallest absolute Gasteiger partial charge is 0.161 e. The van der Waals surface area contributed by atoms with Gasteiger partial charge in [0.05, 0.1) is 13.2 Å². The van der Waals surface area contributed by atoms with Crippen LogP contribution in [0.1, 0.15) is 26.2 Å². The quantitative estimate of drug-likeness (QED) is 0.655. The lowest BCUT2D eigenvalue weighted by Gasteiger charge is -2.32. The Bertz CT molecular complexity index is 417. The molecule has 22 heavy (non-hydrogen) atoms. The Morgan fingerprint density at radius 3 is 2.18 bits per heavy atom. The molecule has 0 saturated carbocycles. The van der Waals surface area contributed by atoms with E-state index in [4.69, 9.17) is 9.47 Å². The lowest BCUT2D eigenvalue weighted by Crippen LogP contribution is -2.44. The van der Waals surface area contributed by atoms with Gasteiger partial charge in [0, 0.05) is 26.2 Å². The van der Waals surface area contributed by atoms with Gasteiger partial charge in [-0.3, -0.25) is 0 Å². The Hall–Kier alpha value is -1.26. The lowest BCUT2D eigenvalue weighted by molar-refractivity contribution is 0.149. The van der Waals surface area contributed by atoms with Crippen LogP contribution in [-0.4, -0.2) is 62.8 Å². The van der Waals surface area contributed by atoms with Crippen molar-refractivity contribution in [1.29, 1.82) is 0 Å². The van der Waals surface area contributed by atoms with Crippen molar-refractivity contribution in [2.75, 3.05) is 53.0 Å². The van der Waals surface area contributed by atoms with Crippen LogP contribution in [0.15, 0.2) is 24.3 Å². The minimum absolute atomic E-state index is 0.740. The number of piperazine rings is 1. The average Bonchev–Trinajstić information content (AvgIpc) is 2.55. The Labute approximate surface area is 135 Å². The molecule has 0 atom stereocenters. The Kier molecular flexibility index (Phi) is 7.54. The van der Waals surface area contributed by atoms with E-state index in [1.165, 1.54) is 39.1 Å². The van der Waals surface area contributed by atoms with E-state index >= 15 is 0 Å². The van der Waals surface area contributed by atoms with Crippen molar-refractivity contribution >= 4 is 0 Å². The van der Waals surface area contributed by atoms with Crippen molar-refractivity contribution in [1.82, 2.24) is 9.80 Å². The second-order valence-electron chi connectivity index (χ2n) is 6.00. The first-order valence-corrected chi connectivity index (χ1v) is 8.55. The fraction of sp³-hybridized carbons (Fsp3) is 0.667. The van der Waals surface area contributed by atoms with Gasteiger partial charge in [-0.05, 0) is 45.0 Å². The Morgan fingerprint density at radius 1 is 0.909 bits per heavy atom. The van der Waals surface area contributed by atoms with Gasteiger partial charge in [0.2, 0.25) is 0 Å². The molecule has 2 rings (SSSR count). The summed E-state index contributed by atoms with van der Waals surface area (Å²) in [5.41, 5.74) is 0. The Balaban J connectivity index is 1.62. The van der Waals surface area contributed by atoms with Crippen LogP contribution in [-0.2, 0) is 0 Å². The molecule has 0 N–H and O–H groups in total. The Morgan fingerprint density at radius 2 is 1.55 bits per heavy atom. The molecule has 1 aliphatic rings. The molecule has 4 nitrogen and oxygen atoms in total. The molecule has 0 unspecified atom stereocenters. The first-order chi connectivity index (χ1) is 10.8. The number of rotatable bonds is 9. The first-order valence-electron chi connectivity index (χ1n) is 8.55. The summed E-state index contributed by atoms with van der Waals surface area (Å²) in [6.45, 7) is 9.59. The minimum atomic E-state index is 0.740. The fourth-order valence-corrected chi connectivity index (χ4v) is 2.59. The predicted molar refractivity (Wildman–Crippen MR) is 90.9 cm³/mol. The van der Waals surface area contributed by atoms with Gasteiger partial charge in [0.1, 0.15) is 0 Å². The van der Waals surface area contributed by atoms with Crippen LogP contribution in [0.2, 0.25) is 0 Å². The van der Waals surface area contributed by atoms with Gasteiger partial charge in [-0.1, -0.05) is 19.1 Å². The maximum Gasteiger partial charge on any atom is 0.161 e. The number of hydrogen-bond donors (Lipinski definition) is 0. The third-order valence-corrected chi connectivity index (χ3v) is 4.03. The molecular weight excluding hydrogens is 276 g/mol. The first kappa shape index (κ1) is 17.1. The minimum Gasteiger partial charge on any atom is -0.490 e. The van der Waals surface area contributed by atoms with Crippen LogP contribution in [0.4, 0.5) is 0 Å². The molecule has 1 aromatic rings. The number of benzene rings is 1. The molecule has 1 aromatic carbocycles. The van der Waals surface area contributed by atoms with Gasteiger partial charge in [-0.15, -0.1) is 0 Å². The molecule has 1 aliphatic heterocycles. The molecule has 1 fully saturated rings. The summed E-state index contributed by atoms with van der Waals surface area (Å²) in [4.78, 5) is 4.95. The van der Waals surface area contributed by atoms with Crippen LogP contribution in [0.3, 0.4) is 0 Å². The molecule has 124 valence electrons. The second kappa shape index (κ2) is 9.70. The zero-order valence-corrected chi connectivity index (χ0v) is 14.1. The lowest BCUT2D eigenvalue weighted by atomic mass is 10.2. The van der Waals surface area contributed by atoms with Crippen LogP contribution in [0.25, 0.3) is 0 Å².